The normalized spacial score (nSPS) is 11.3. The van der Waals surface area contributed by atoms with E-state index in [9.17, 15) is 22.8 Å². The Morgan fingerprint density at radius 1 is 1.04 bits per heavy atom. The number of nitrogens with one attached hydrogen (secondary N) is 1. The minimum atomic E-state index is -4.50. The summed E-state index contributed by atoms with van der Waals surface area (Å²) < 4.78 is 42.9. The first-order valence-corrected chi connectivity index (χ1v) is 8.08. The lowest BCUT2D eigenvalue weighted by Gasteiger charge is -2.20. The van der Waals surface area contributed by atoms with Gasteiger partial charge >= 0.3 is 12.1 Å². The number of ether oxygens (including phenoxy) is 1. The Balaban J connectivity index is 2.05. The van der Waals surface area contributed by atoms with Crippen LogP contribution in [0.15, 0.2) is 54.6 Å². The molecule has 0 radical (unpaired) electrons. The average Bonchev–Trinajstić information content (AvgIpc) is 2.61. The standard InChI is InChI=1S/C19H19F3N2O3/c1-27-18(26)13-24(11-14-6-3-2-4-7-14)12-17(25)23-16-9-5-8-15(10-16)19(20,21)22/h2-10H,11-13H2,1H3,(H,23,25). The number of halogens is 3. The topological polar surface area (TPSA) is 58.6 Å². The molecule has 2 aromatic carbocycles. The summed E-state index contributed by atoms with van der Waals surface area (Å²) in [6, 6.07) is 13.6. The van der Waals surface area contributed by atoms with Crippen LogP contribution in [0.25, 0.3) is 0 Å². The number of hydrogen-bond donors (Lipinski definition) is 1. The molecule has 0 spiro atoms. The maximum absolute atomic E-state index is 12.8. The van der Waals surface area contributed by atoms with E-state index in [4.69, 9.17) is 0 Å². The molecule has 2 aromatic rings. The SMILES string of the molecule is COC(=O)CN(CC(=O)Nc1cccc(C(F)(F)F)c1)Cc1ccccc1. The fraction of sp³-hybridized carbons (Fsp3) is 0.263. The minimum Gasteiger partial charge on any atom is -0.468 e. The van der Waals surface area contributed by atoms with Gasteiger partial charge in [0.05, 0.1) is 25.8 Å². The summed E-state index contributed by atoms with van der Waals surface area (Å²) in [4.78, 5) is 25.4. The molecule has 0 saturated heterocycles. The predicted molar refractivity (Wildman–Crippen MR) is 93.8 cm³/mol. The van der Waals surface area contributed by atoms with E-state index in [2.05, 4.69) is 10.1 Å². The highest BCUT2D eigenvalue weighted by Crippen LogP contribution is 2.30. The number of anilines is 1. The number of alkyl halides is 3. The maximum Gasteiger partial charge on any atom is 0.416 e. The van der Waals surface area contributed by atoms with E-state index in [0.29, 0.717) is 6.54 Å². The molecule has 27 heavy (non-hydrogen) atoms. The van der Waals surface area contributed by atoms with Gasteiger partial charge < -0.3 is 10.1 Å². The molecule has 0 aliphatic rings. The van der Waals surface area contributed by atoms with Crippen LogP contribution in [0.5, 0.6) is 0 Å². The van der Waals surface area contributed by atoms with Crippen LogP contribution in [0.3, 0.4) is 0 Å². The Kier molecular flexibility index (Phi) is 6.95. The number of nitrogens with zero attached hydrogens (tertiary/aromatic N) is 1. The van der Waals surface area contributed by atoms with Crippen LogP contribution in [0.4, 0.5) is 18.9 Å². The molecule has 1 amide bonds. The van der Waals surface area contributed by atoms with E-state index < -0.39 is 23.6 Å². The van der Waals surface area contributed by atoms with Crippen molar-refractivity contribution in [3.8, 4) is 0 Å². The number of esters is 1. The quantitative estimate of drug-likeness (QED) is 0.749. The summed E-state index contributed by atoms with van der Waals surface area (Å²) in [6.45, 7) is 0.00754. The summed E-state index contributed by atoms with van der Waals surface area (Å²) in [5.74, 6) is -1.05. The number of benzene rings is 2. The van der Waals surface area contributed by atoms with Gasteiger partial charge in [0.15, 0.2) is 0 Å². The van der Waals surface area contributed by atoms with Crippen LogP contribution >= 0.6 is 0 Å². The van der Waals surface area contributed by atoms with Gasteiger partial charge in [0.25, 0.3) is 0 Å². The molecular formula is C19H19F3N2O3. The molecule has 0 fully saturated rings. The van der Waals surface area contributed by atoms with Crippen molar-refractivity contribution >= 4 is 17.6 Å². The molecule has 0 unspecified atom stereocenters. The maximum atomic E-state index is 12.8. The molecule has 5 nitrogen and oxygen atoms in total. The largest absolute Gasteiger partial charge is 0.468 e. The Morgan fingerprint density at radius 3 is 2.37 bits per heavy atom. The zero-order valence-electron chi connectivity index (χ0n) is 14.6. The second-order valence-corrected chi connectivity index (χ2v) is 5.83. The van der Waals surface area contributed by atoms with E-state index >= 15 is 0 Å². The molecule has 144 valence electrons. The van der Waals surface area contributed by atoms with Gasteiger partial charge in [0.2, 0.25) is 5.91 Å². The molecule has 0 aliphatic heterocycles. The second-order valence-electron chi connectivity index (χ2n) is 5.83. The number of amides is 1. The van der Waals surface area contributed by atoms with Crippen LogP contribution in [-0.2, 0) is 27.0 Å². The van der Waals surface area contributed by atoms with Gasteiger partial charge in [0.1, 0.15) is 0 Å². The van der Waals surface area contributed by atoms with Gasteiger partial charge in [-0.2, -0.15) is 13.2 Å². The Labute approximate surface area is 154 Å². The van der Waals surface area contributed by atoms with E-state index in [0.717, 1.165) is 17.7 Å². The molecule has 0 saturated carbocycles. The lowest BCUT2D eigenvalue weighted by molar-refractivity contribution is -0.142. The molecule has 0 atom stereocenters. The predicted octanol–water partition coefficient (Wildman–Crippen LogP) is 3.32. The van der Waals surface area contributed by atoms with Crippen LogP contribution in [-0.4, -0.2) is 37.0 Å². The summed E-state index contributed by atoms with van der Waals surface area (Å²) in [6.07, 6.45) is -4.50. The highest BCUT2D eigenvalue weighted by Gasteiger charge is 2.30. The molecule has 0 bridgehead atoms. The van der Waals surface area contributed by atoms with E-state index in [1.165, 1.54) is 19.2 Å². The third-order valence-corrected chi connectivity index (χ3v) is 3.67. The Morgan fingerprint density at radius 2 is 1.74 bits per heavy atom. The summed E-state index contributed by atoms with van der Waals surface area (Å²) in [5.41, 5.74) is 0.0665. The lowest BCUT2D eigenvalue weighted by Crippen LogP contribution is -2.37. The molecule has 0 heterocycles. The van der Waals surface area contributed by atoms with E-state index in [1.54, 1.807) is 4.90 Å². The number of hydrogen-bond acceptors (Lipinski definition) is 4. The second kappa shape index (κ2) is 9.18. The highest BCUT2D eigenvalue weighted by atomic mass is 19.4. The molecule has 1 N–H and O–H groups in total. The van der Waals surface area contributed by atoms with Gasteiger partial charge in [-0.25, -0.2) is 0 Å². The minimum absolute atomic E-state index is 0.0348. The lowest BCUT2D eigenvalue weighted by atomic mass is 10.2. The molecule has 0 aromatic heterocycles. The van der Waals surface area contributed by atoms with Crippen LogP contribution in [0, 0.1) is 0 Å². The average molecular weight is 380 g/mol. The number of rotatable bonds is 7. The van der Waals surface area contributed by atoms with Crippen LogP contribution in [0.2, 0.25) is 0 Å². The van der Waals surface area contributed by atoms with Crippen molar-refractivity contribution in [2.45, 2.75) is 12.7 Å². The first kappa shape index (κ1) is 20.4. The summed E-state index contributed by atoms with van der Waals surface area (Å²) >= 11 is 0. The van der Waals surface area contributed by atoms with Crippen LogP contribution in [0.1, 0.15) is 11.1 Å². The number of carbonyl (C=O) groups is 2. The van der Waals surface area contributed by atoms with Gasteiger partial charge in [-0.3, -0.25) is 14.5 Å². The zero-order valence-corrected chi connectivity index (χ0v) is 14.6. The molecule has 0 aliphatic carbocycles. The Bertz CT molecular complexity index is 779. The van der Waals surface area contributed by atoms with Crippen molar-refractivity contribution in [1.29, 1.82) is 0 Å². The first-order chi connectivity index (χ1) is 12.8. The highest BCUT2D eigenvalue weighted by molar-refractivity contribution is 5.92. The van der Waals surface area contributed by atoms with Crippen molar-refractivity contribution in [3.63, 3.8) is 0 Å². The zero-order chi connectivity index (χ0) is 19.9. The monoisotopic (exact) mass is 380 g/mol. The third kappa shape index (κ3) is 6.74. The fourth-order valence-electron chi connectivity index (χ4n) is 2.43. The molecule has 2 rings (SSSR count). The Hall–Kier alpha value is -2.87. The summed E-state index contributed by atoms with van der Waals surface area (Å²) in [5, 5.41) is 2.43. The van der Waals surface area contributed by atoms with E-state index in [1.807, 2.05) is 30.3 Å². The number of carbonyl (C=O) groups excluding carboxylic acids is 2. The van der Waals surface area contributed by atoms with Gasteiger partial charge in [-0.05, 0) is 23.8 Å². The van der Waals surface area contributed by atoms with Crippen molar-refractivity contribution in [3.05, 3.63) is 65.7 Å². The van der Waals surface area contributed by atoms with Crippen molar-refractivity contribution in [2.75, 3.05) is 25.5 Å². The molecule has 8 heteroatoms. The summed E-state index contributed by atoms with van der Waals surface area (Å²) in [7, 11) is 1.24. The smallest absolute Gasteiger partial charge is 0.416 e. The van der Waals surface area contributed by atoms with Crippen LogP contribution < -0.4 is 5.32 Å². The first-order valence-electron chi connectivity index (χ1n) is 8.08. The van der Waals surface area contributed by atoms with Crippen molar-refractivity contribution in [2.24, 2.45) is 0 Å². The third-order valence-electron chi connectivity index (χ3n) is 3.67. The van der Waals surface area contributed by atoms with Crippen molar-refractivity contribution < 1.29 is 27.5 Å². The van der Waals surface area contributed by atoms with Crippen molar-refractivity contribution in [1.82, 2.24) is 4.90 Å². The molecular weight excluding hydrogens is 361 g/mol. The van der Waals surface area contributed by atoms with E-state index in [-0.39, 0.29) is 18.8 Å². The van der Waals surface area contributed by atoms with Gasteiger partial charge in [-0.15, -0.1) is 0 Å². The van der Waals surface area contributed by atoms with Gasteiger partial charge in [-0.1, -0.05) is 36.4 Å². The van der Waals surface area contributed by atoms with Gasteiger partial charge in [0, 0.05) is 12.2 Å². The fourth-order valence-corrected chi connectivity index (χ4v) is 2.43. The number of methoxy groups -OCH3 is 1.